The fourth-order valence-corrected chi connectivity index (χ4v) is 5.99. The van der Waals surface area contributed by atoms with Gasteiger partial charge in [-0.05, 0) is 48.5 Å². The molecule has 2 aromatic rings. The number of carbonyl (C=O) groups excluding carboxylic acids is 1. The normalized spacial score (nSPS) is 21.9. The molecule has 0 aromatic heterocycles. The summed E-state index contributed by atoms with van der Waals surface area (Å²) in [5.41, 5.74) is 1.88. The standard InChI is InChI=1S/C29H42O3Si/c1-7-8-21-29(24-17-13-10-14-18-24)26(31-27(29)30)22-25(32-33(5,6)28(2,3)4)20-19-23-15-11-9-12-16-23/h9-18,25-26H,7-8,19-22H2,1-6H3/t25-,26-,29-/m1/s1. The summed E-state index contributed by atoms with van der Waals surface area (Å²) in [6.07, 6.45) is 5.49. The van der Waals surface area contributed by atoms with E-state index in [4.69, 9.17) is 9.16 Å². The molecule has 4 heteroatoms. The van der Waals surface area contributed by atoms with Gasteiger partial charge in [-0.25, -0.2) is 0 Å². The van der Waals surface area contributed by atoms with Gasteiger partial charge in [0.25, 0.3) is 0 Å². The van der Waals surface area contributed by atoms with Crippen molar-refractivity contribution >= 4 is 14.3 Å². The SMILES string of the molecule is CCCC[C@]1(c2ccccc2)C(=O)O[C@@H]1C[C@@H](CCc1ccccc1)O[Si](C)(C)C(C)(C)C. The van der Waals surface area contributed by atoms with Gasteiger partial charge in [0.15, 0.2) is 8.32 Å². The zero-order valence-corrected chi connectivity index (χ0v) is 22.4. The molecule has 3 rings (SSSR count). The van der Waals surface area contributed by atoms with Crippen LogP contribution in [0.5, 0.6) is 0 Å². The van der Waals surface area contributed by atoms with E-state index in [0.717, 1.165) is 44.1 Å². The Hall–Kier alpha value is -1.91. The van der Waals surface area contributed by atoms with Crippen molar-refractivity contribution in [1.82, 2.24) is 0 Å². The fourth-order valence-electron chi connectivity index (χ4n) is 4.59. The summed E-state index contributed by atoms with van der Waals surface area (Å²) >= 11 is 0. The first kappa shape index (κ1) is 25.7. The minimum Gasteiger partial charge on any atom is -0.460 e. The first-order valence-corrected chi connectivity index (χ1v) is 15.5. The Bertz CT molecular complexity index is 888. The van der Waals surface area contributed by atoms with Crippen LogP contribution >= 0.6 is 0 Å². The van der Waals surface area contributed by atoms with E-state index in [2.05, 4.69) is 83.3 Å². The Morgan fingerprint density at radius 2 is 1.64 bits per heavy atom. The van der Waals surface area contributed by atoms with Crippen molar-refractivity contribution in [3.63, 3.8) is 0 Å². The number of unbranched alkanes of at least 4 members (excludes halogenated alkanes) is 1. The first-order valence-electron chi connectivity index (χ1n) is 12.6. The van der Waals surface area contributed by atoms with Gasteiger partial charge >= 0.3 is 5.97 Å². The second-order valence-electron chi connectivity index (χ2n) is 11.1. The minimum atomic E-state index is -1.97. The van der Waals surface area contributed by atoms with Crippen molar-refractivity contribution in [3.8, 4) is 0 Å². The van der Waals surface area contributed by atoms with E-state index in [1.165, 1.54) is 5.56 Å². The Morgan fingerprint density at radius 3 is 2.18 bits per heavy atom. The zero-order chi connectivity index (χ0) is 24.1. The molecule has 33 heavy (non-hydrogen) atoms. The number of aryl methyl sites for hydroxylation is 1. The molecule has 1 aliphatic rings. The molecule has 0 saturated carbocycles. The highest BCUT2D eigenvalue weighted by molar-refractivity contribution is 6.74. The van der Waals surface area contributed by atoms with E-state index < -0.39 is 13.7 Å². The number of benzene rings is 2. The zero-order valence-electron chi connectivity index (χ0n) is 21.4. The van der Waals surface area contributed by atoms with Crippen molar-refractivity contribution in [1.29, 1.82) is 0 Å². The van der Waals surface area contributed by atoms with Crippen LogP contribution in [0.3, 0.4) is 0 Å². The molecule has 1 saturated heterocycles. The smallest absolute Gasteiger partial charge is 0.320 e. The molecular formula is C29H42O3Si. The van der Waals surface area contributed by atoms with Crippen LogP contribution in [0.1, 0.15) is 70.9 Å². The van der Waals surface area contributed by atoms with Gasteiger partial charge in [-0.2, -0.15) is 0 Å². The van der Waals surface area contributed by atoms with Crippen LogP contribution in [0, 0.1) is 0 Å². The lowest BCUT2D eigenvalue weighted by molar-refractivity contribution is -0.196. The van der Waals surface area contributed by atoms with E-state index in [1.807, 2.05) is 18.2 Å². The Labute approximate surface area is 202 Å². The van der Waals surface area contributed by atoms with Gasteiger partial charge in [0, 0.05) is 12.5 Å². The van der Waals surface area contributed by atoms with Gasteiger partial charge in [0.2, 0.25) is 0 Å². The van der Waals surface area contributed by atoms with Gasteiger partial charge in [-0.1, -0.05) is 101 Å². The summed E-state index contributed by atoms with van der Waals surface area (Å²) in [5, 5.41) is 0.132. The van der Waals surface area contributed by atoms with Crippen LogP contribution in [0.2, 0.25) is 18.1 Å². The fraction of sp³-hybridized carbons (Fsp3) is 0.552. The van der Waals surface area contributed by atoms with Crippen LogP contribution in [0.15, 0.2) is 60.7 Å². The molecule has 3 atom stereocenters. The predicted octanol–water partition coefficient (Wildman–Crippen LogP) is 7.45. The number of hydrogen-bond acceptors (Lipinski definition) is 3. The molecule has 0 radical (unpaired) electrons. The van der Waals surface area contributed by atoms with E-state index in [9.17, 15) is 4.79 Å². The predicted molar refractivity (Wildman–Crippen MR) is 139 cm³/mol. The number of ether oxygens (including phenoxy) is 1. The lowest BCUT2D eigenvalue weighted by atomic mass is 9.66. The molecule has 0 N–H and O–H groups in total. The quantitative estimate of drug-likeness (QED) is 0.255. The maximum absolute atomic E-state index is 13.0. The highest BCUT2D eigenvalue weighted by Gasteiger charge is 2.59. The summed E-state index contributed by atoms with van der Waals surface area (Å²) in [5.74, 6) is -0.0683. The summed E-state index contributed by atoms with van der Waals surface area (Å²) < 4.78 is 12.8. The molecule has 1 aliphatic heterocycles. The van der Waals surface area contributed by atoms with E-state index in [0.29, 0.717) is 0 Å². The molecule has 0 bridgehead atoms. The summed E-state index contributed by atoms with van der Waals surface area (Å²) in [4.78, 5) is 13.0. The highest BCUT2D eigenvalue weighted by Crippen LogP contribution is 2.47. The number of hydrogen-bond donors (Lipinski definition) is 0. The van der Waals surface area contributed by atoms with Gasteiger partial charge in [0.1, 0.15) is 11.5 Å². The molecule has 3 nitrogen and oxygen atoms in total. The van der Waals surface area contributed by atoms with E-state index >= 15 is 0 Å². The molecule has 1 fully saturated rings. The molecule has 0 amide bonds. The van der Waals surface area contributed by atoms with Gasteiger partial charge in [0.05, 0.1) is 0 Å². The summed E-state index contributed by atoms with van der Waals surface area (Å²) in [6.45, 7) is 13.7. The second kappa shape index (κ2) is 10.6. The number of cyclic esters (lactones) is 1. The third-order valence-electron chi connectivity index (χ3n) is 7.72. The monoisotopic (exact) mass is 466 g/mol. The summed E-state index contributed by atoms with van der Waals surface area (Å²) in [6, 6.07) is 20.9. The minimum absolute atomic E-state index is 0.0638. The third kappa shape index (κ3) is 5.78. The Morgan fingerprint density at radius 1 is 1.03 bits per heavy atom. The van der Waals surface area contributed by atoms with Gasteiger partial charge < -0.3 is 9.16 Å². The molecular weight excluding hydrogens is 424 g/mol. The van der Waals surface area contributed by atoms with Crippen molar-refractivity contribution in [2.45, 2.75) is 102 Å². The second-order valence-corrected chi connectivity index (χ2v) is 15.9. The van der Waals surface area contributed by atoms with E-state index in [1.54, 1.807) is 0 Å². The lowest BCUT2D eigenvalue weighted by Gasteiger charge is -2.49. The topological polar surface area (TPSA) is 35.5 Å². The number of rotatable bonds is 11. The Kier molecular flexibility index (Phi) is 8.23. The summed E-state index contributed by atoms with van der Waals surface area (Å²) in [7, 11) is -1.97. The molecule has 0 spiro atoms. The lowest BCUT2D eigenvalue weighted by Crippen LogP contribution is -2.61. The van der Waals surface area contributed by atoms with Crippen LogP contribution in [-0.2, 0) is 25.8 Å². The molecule has 1 heterocycles. The third-order valence-corrected chi connectivity index (χ3v) is 12.3. The van der Waals surface area contributed by atoms with Crippen molar-refractivity contribution in [2.75, 3.05) is 0 Å². The maximum atomic E-state index is 13.0. The molecule has 2 aromatic carbocycles. The largest absolute Gasteiger partial charge is 0.460 e. The average molecular weight is 467 g/mol. The van der Waals surface area contributed by atoms with Gasteiger partial charge in [-0.15, -0.1) is 0 Å². The highest BCUT2D eigenvalue weighted by atomic mass is 28.4. The van der Waals surface area contributed by atoms with Crippen LogP contribution in [0.4, 0.5) is 0 Å². The number of carbonyl (C=O) groups is 1. The van der Waals surface area contributed by atoms with Gasteiger partial charge in [-0.3, -0.25) is 4.79 Å². The number of esters is 1. The Balaban J connectivity index is 1.85. The van der Waals surface area contributed by atoms with Crippen molar-refractivity contribution < 1.29 is 14.0 Å². The molecule has 0 unspecified atom stereocenters. The molecule has 180 valence electrons. The van der Waals surface area contributed by atoms with Crippen molar-refractivity contribution in [3.05, 3.63) is 71.8 Å². The van der Waals surface area contributed by atoms with Crippen LogP contribution in [0.25, 0.3) is 0 Å². The van der Waals surface area contributed by atoms with E-state index in [-0.39, 0.29) is 23.2 Å². The van der Waals surface area contributed by atoms with Crippen molar-refractivity contribution in [2.24, 2.45) is 0 Å². The first-order chi connectivity index (χ1) is 15.6. The van der Waals surface area contributed by atoms with Crippen LogP contribution in [-0.4, -0.2) is 26.5 Å². The maximum Gasteiger partial charge on any atom is 0.320 e. The molecule has 0 aliphatic carbocycles. The average Bonchev–Trinajstić information content (AvgIpc) is 2.78. The van der Waals surface area contributed by atoms with Crippen LogP contribution < -0.4 is 0 Å².